The van der Waals surface area contributed by atoms with Crippen LogP contribution in [0, 0.1) is 13.8 Å². The van der Waals surface area contributed by atoms with Crippen LogP contribution in [0.5, 0.6) is 5.75 Å². The lowest BCUT2D eigenvalue weighted by Gasteiger charge is -2.27. The van der Waals surface area contributed by atoms with Crippen LogP contribution in [0.1, 0.15) is 117 Å². The summed E-state index contributed by atoms with van der Waals surface area (Å²) in [5, 5.41) is 12.3. The van der Waals surface area contributed by atoms with Crippen molar-refractivity contribution >= 4 is 11.0 Å². The molecule has 0 bridgehead atoms. The standard InChI is InChI=1S/C53H58N2O/c1-32(2)38-26-39(33(3)4)28-41(27-38)37-21-22-47(35(6)25-37)55-48-20-16-19-44(42-24-34(5)23-40(29-42)36-17-14-13-15-18-36)49(48)54-51(55)45-30-43(52(7,8)9)31-46(50(45)56)53(10,11)12/h13-33,56H,1-12H3/i32D,33D. The quantitative estimate of drug-likeness (QED) is 0.177. The Hall–Kier alpha value is -5.41. The molecule has 7 aromatic rings. The van der Waals surface area contributed by atoms with Crippen molar-refractivity contribution in [3.8, 4) is 56.2 Å². The summed E-state index contributed by atoms with van der Waals surface area (Å²) in [4.78, 5) is 5.54. The lowest BCUT2D eigenvalue weighted by Crippen LogP contribution is -2.17. The number of nitrogens with zero attached hydrogens (tertiary/aromatic N) is 2. The van der Waals surface area contributed by atoms with Gasteiger partial charge in [-0.05, 0) is 122 Å². The minimum atomic E-state index is -0.817. The zero-order valence-corrected chi connectivity index (χ0v) is 35.3. The second-order valence-electron chi connectivity index (χ2n) is 18.1. The van der Waals surface area contributed by atoms with Gasteiger partial charge >= 0.3 is 0 Å². The van der Waals surface area contributed by atoms with Gasteiger partial charge < -0.3 is 5.11 Å². The molecule has 0 saturated carbocycles. The van der Waals surface area contributed by atoms with Crippen LogP contribution >= 0.6 is 0 Å². The Morgan fingerprint density at radius 3 is 1.84 bits per heavy atom. The molecule has 0 radical (unpaired) electrons. The van der Waals surface area contributed by atoms with Gasteiger partial charge in [-0.2, -0.15) is 0 Å². The van der Waals surface area contributed by atoms with Gasteiger partial charge in [0.25, 0.3) is 0 Å². The molecule has 0 amide bonds. The van der Waals surface area contributed by atoms with Crippen molar-refractivity contribution in [2.75, 3.05) is 0 Å². The minimum absolute atomic E-state index is 0.175. The number of fused-ring (bicyclic) bond motifs is 1. The predicted octanol–water partition coefficient (Wildman–Crippen LogP) is 14.9. The summed E-state index contributed by atoms with van der Waals surface area (Å²) >= 11 is 0. The molecule has 0 aliphatic rings. The Morgan fingerprint density at radius 2 is 1.23 bits per heavy atom. The van der Waals surface area contributed by atoms with Crippen LogP contribution in [0.25, 0.3) is 61.5 Å². The van der Waals surface area contributed by atoms with Gasteiger partial charge in [0, 0.05) is 13.9 Å². The minimum Gasteiger partial charge on any atom is -0.507 e. The third-order valence-corrected chi connectivity index (χ3v) is 11.1. The Labute approximate surface area is 337 Å². The summed E-state index contributed by atoms with van der Waals surface area (Å²) in [5.41, 5.74) is 15.4. The number of phenols is 1. The molecular formula is C53H58N2O. The normalized spacial score (nSPS) is 13.2. The fourth-order valence-corrected chi connectivity index (χ4v) is 7.76. The molecule has 286 valence electrons. The van der Waals surface area contributed by atoms with Gasteiger partial charge in [0.15, 0.2) is 0 Å². The second-order valence-corrected chi connectivity index (χ2v) is 18.1. The molecule has 7 rings (SSSR count). The molecule has 3 nitrogen and oxygen atoms in total. The average molecular weight is 741 g/mol. The molecule has 0 atom stereocenters. The number of phenolic OH excluding ortho intramolecular Hbond substituents is 1. The molecule has 1 N–H and O–H groups in total. The smallest absolute Gasteiger partial charge is 0.149 e. The molecule has 6 aromatic carbocycles. The van der Waals surface area contributed by atoms with E-state index < -0.39 is 11.8 Å². The number of aromatic hydroxyl groups is 1. The average Bonchev–Trinajstić information content (AvgIpc) is 3.52. The van der Waals surface area contributed by atoms with E-state index in [2.05, 4.69) is 163 Å². The van der Waals surface area contributed by atoms with Crippen molar-refractivity contribution in [1.82, 2.24) is 9.55 Å². The third kappa shape index (κ3) is 7.44. The third-order valence-electron chi connectivity index (χ3n) is 11.1. The van der Waals surface area contributed by atoms with E-state index >= 15 is 0 Å². The van der Waals surface area contributed by atoms with E-state index in [-0.39, 0.29) is 16.6 Å². The monoisotopic (exact) mass is 740 g/mol. The summed E-state index contributed by atoms with van der Waals surface area (Å²) in [7, 11) is 0. The maximum absolute atomic E-state index is 12.3. The molecule has 56 heavy (non-hydrogen) atoms. The van der Waals surface area contributed by atoms with Crippen molar-refractivity contribution in [3.05, 3.63) is 149 Å². The first kappa shape index (κ1) is 36.2. The summed E-state index contributed by atoms with van der Waals surface area (Å²) in [6, 6.07) is 40.6. The van der Waals surface area contributed by atoms with E-state index in [9.17, 15) is 5.11 Å². The number of hydrogen-bond acceptors (Lipinski definition) is 2. The number of aryl methyl sites for hydroxylation is 2. The Morgan fingerprint density at radius 1 is 0.589 bits per heavy atom. The van der Waals surface area contributed by atoms with Crippen molar-refractivity contribution < 1.29 is 7.85 Å². The molecule has 0 unspecified atom stereocenters. The molecule has 1 heterocycles. The molecule has 0 fully saturated rings. The highest BCUT2D eigenvalue weighted by atomic mass is 16.3. The number of hydrogen-bond donors (Lipinski definition) is 1. The summed E-state index contributed by atoms with van der Waals surface area (Å²) < 4.78 is 20.0. The van der Waals surface area contributed by atoms with Gasteiger partial charge in [-0.25, -0.2) is 4.98 Å². The molecule has 0 spiro atoms. The van der Waals surface area contributed by atoms with Crippen LogP contribution in [-0.2, 0) is 10.8 Å². The second kappa shape index (κ2) is 14.6. The van der Waals surface area contributed by atoms with Gasteiger partial charge in [-0.1, -0.05) is 154 Å². The maximum Gasteiger partial charge on any atom is 0.149 e. The number of imidazole rings is 1. The van der Waals surface area contributed by atoms with Crippen molar-refractivity contribution in [2.24, 2.45) is 0 Å². The topological polar surface area (TPSA) is 38.0 Å². The SMILES string of the molecule is [2H]C(C)(C)c1cc(-c2ccc(-n3c(-c4cc(C(C)(C)C)cc(C(C)(C)C)c4O)nc4c(-c5cc(C)cc(-c6ccccc6)c5)cccc43)c(C)c2)cc(C([2H])(C)C)c1. The maximum atomic E-state index is 12.3. The number of benzene rings is 6. The number of aromatic nitrogens is 2. The fourth-order valence-electron chi connectivity index (χ4n) is 7.76. The van der Waals surface area contributed by atoms with E-state index in [0.717, 1.165) is 77.9 Å². The lowest BCUT2D eigenvalue weighted by atomic mass is 9.79. The molecular weight excluding hydrogens is 681 g/mol. The lowest BCUT2D eigenvalue weighted by molar-refractivity contribution is 0.446. The molecule has 0 aliphatic carbocycles. The highest BCUT2D eigenvalue weighted by molar-refractivity contribution is 5.97. The van der Waals surface area contributed by atoms with Crippen molar-refractivity contribution in [2.45, 2.75) is 106 Å². The van der Waals surface area contributed by atoms with Gasteiger partial charge in [0.2, 0.25) is 0 Å². The van der Waals surface area contributed by atoms with E-state index in [0.29, 0.717) is 11.4 Å². The molecule has 0 aliphatic heterocycles. The molecule has 3 heteroatoms. The van der Waals surface area contributed by atoms with E-state index in [1.54, 1.807) is 0 Å². The zero-order valence-electron chi connectivity index (χ0n) is 37.3. The van der Waals surface area contributed by atoms with E-state index in [1.807, 2.05) is 39.8 Å². The number of rotatable bonds is 7. The summed E-state index contributed by atoms with van der Waals surface area (Å²) in [5.74, 6) is -0.709. The Kier molecular flexibility index (Phi) is 9.44. The van der Waals surface area contributed by atoms with Crippen LogP contribution in [0.2, 0.25) is 0 Å². The van der Waals surface area contributed by atoms with Gasteiger partial charge in [-0.15, -0.1) is 0 Å². The summed E-state index contributed by atoms with van der Waals surface area (Å²) in [6.07, 6.45) is 0. The first-order chi connectivity index (χ1) is 27.0. The predicted molar refractivity (Wildman–Crippen MR) is 240 cm³/mol. The highest BCUT2D eigenvalue weighted by Gasteiger charge is 2.29. The Balaban J connectivity index is 1.52. The largest absolute Gasteiger partial charge is 0.507 e. The Bertz CT molecular complexity index is 2640. The molecule has 0 saturated heterocycles. The van der Waals surface area contributed by atoms with Gasteiger partial charge in [-0.3, -0.25) is 4.57 Å². The van der Waals surface area contributed by atoms with Crippen molar-refractivity contribution in [3.63, 3.8) is 0 Å². The van der Waals surface area contributed by atoms with Gasteiger partial charge in [0.1, 0.15) is 11.6 Å². The first-order valence-electron chi connectivity index (χ1n) is 20.9. The van der Waals surface area contributed by atoms with E-state index in [4.69, 9.17) is 7.73 Å². The van der Waals surface area contributed by atoms with Crippen LogP contribution in [0.3, 0.4) is 0 Å². The van der Waals surface area contributed by atoms with Crippen LogP contribution in [-0.4, -0.2) is 14.7 Å². The van der Waals surface area contributed by atoms with Gasteiger partial charge in [0.05, 0.1) is 22.3 Å². The van der Waals surface area contributed by atoms with Crippen LogP contribution in [0.4, 0.5) is 0 Å². The van der Waals surface area contributed by atoms with Crippen LogP contribution < -0.4 is 0 Å². The summed E-state index contributed by atoms with van der Waals surface area (Å²) in [6.45, 7) is 24.9. The van der Waals surface area contributed by atoms with Crippen LogP contribution in [0.15, 0.2) is 115 Å². The van der Waals surface area contributed by atoms with E-state index in [1.165, 1.54) is 5.56 Å². The number of para-hydroxylation sites is 1. The van der Waals surface area contributed by atoms with Crippen molar-refractivity contribution in [1.29, 1.82) is 0 Å². The first-order valence-corrected chi connectivity index (χ1v) is 19.9. The fraction of sp³-hybridized carbons (Fsp3) is 0.302. The molecule has 1 aromatic heterocycles. The highest BCUT2D eigenvalue weighted by Crippen LogP contribution is 2.45. The zero-order chi connectivity index (χ0) is 42.1.